The molecule has 0 saturated carbocycles. The van der Waals surface area contributed by atoms with Gasteiger partial charge in [-0.25, -0.2) is 4.79 Å². The fourth-order valence-corrected chi connectivity index (χ4v) is 1.93. The number of amides is 3. The molecule has 1 aromatic carbocycles. The Bertz CT molecular complexity index is 485. The van der Waals surface area contributed by atoms with E-state index in [4.69, 9.17) is 5.73 Å². The highest BCUT2D eigenvalue weighted by Gasteiger charge is 2.31. The fourth-order valence-electron chi connectivity index (χ4n) is 1.93. The van der Waals surface area contributed by atoms with Crippen molar-refractivity contribution in [3.8, 4) is 0 Å². The van der Waals surface area contributed by atoms with Crippen LogP contribution in [0.1, 0.15) is 17.5 Å². The smallest absolute Gasteiger partial charge is 0.310 e. The van der Waals surface area contributed by atoms with Crippen LogP contribution >= 0.6 is 0 Å². The van der Waals surface area contributed by atoms with Gasteiger partial charge in [-0.15, -0.1) is 0 Å². The molecule has 1 atom stereocenters. The Balaban J connectivity index is 2.41. The molecule has 5 nitrogen and oxygen atoms in total. The molecular formula is C12H15N3O2. The van der Waals surface area contributed by atoms with Crippen molar-refractivity contribution in [3.63, 3.8) is 0 Å². The van der Waals surface area contributed by atoms with E-state index in [0.717, 1.165) is 16.8 Å². The molecule has 1 aliphatic rings. The Morgan fingerprint density at radius 1 is 1.35 bits per heavy atom. The average Bonchev–Trinajstić information content (AvgIpc) is 2.21. The van der Waals surface area contributed by atoms with Gasteiger partial charge in [0.2, 0.25) is 5.91 Å². The zero-order valence-electron chi connectivity index (χ0n) is 9.86. The lowest BCUT2D eigenvalue weighted by atomic mass is 10.1. The standard InChI is InChI=1S/C12H15N3O2/c1-7-3-4-8(2)9(5-7)15-10(13)6-11(16)14-12(15)17/h3-5,10H,6,13H2,1-2H3,(H,14,16,17). The number of nitrogens with one attached hydrogen (secondary N) is 1. The molecule has 1 aromatic rings. The predicted molar refractivity (Wildman–Crippen MR) is 64.5 cm³/mol. The molecule has 0 aromatic heterocycles. The normalized spacial score (nSPS) is 20.4. The molecule has 1 fully saturated rings. The molecule has 1 unspecified atom stereocenters. The monoisotopic (exact) mass is 233 g/mol. The van der Waals surface area contributed by atoms with Gasteiger partial charge < -0.3 is 5.73 Å². The minimum Gasteiger partial charge on any atom is -0.310 e. The van der Waals surface area contributed by atoms with E-state index in [0.29, 0.717) is 0 Å². The third-order valence-corrected chi connectivity index (χ3v) is 2.82. The number of benzene rings is 1. The minimum atomic E-state index is -0.600. The van der Waals surface area contributed by atoms with Gasteiger partial charge in [-0.3, -0.25) is 15.0 Å². The maximum atomic E-state index is 11.8. The van der Waals surface area contributed by atoms with E-state index < -0.39 is 12.2 Å². The second kappa shape index (κ2) is 4.18. The highest BCUT2D eigenvalue weighted by Crippen LogP contribution is 2.24. The molecule has 3 N–H and O–H groups in total. The molecular weight excluding hydrogens is 218 g/mol. The largest absolute Gasteiger partial charge is 0.329 e. The van der Waals surface area contributed by atoms with Crippen LogP contribution in [0.5, 0.6) is 0 Å². The highest BCUT2D eigenvalue weighted by atomic mass is 16.2. The second-order valence-electron chi connectivity index (χ2n) is 4.28. The van der Waals surface area contributed by atoms with Gasteiger partial charge >= 0.3 is 6.03 Å². The van der Waals surface area contributed by atoms with Crippen LogP contribution in [0.25, 0.3) is 0 Å². The first-order valence-corrected chi connectivity index (χ1v) is 5.45. The van der Waals surface area contributed by atoms with E-state index in [1.807, 2.05) is 32.0 Å². The molecule has 2 rings (SSSR count). The summed E-state index contributed by atoms with van der Waals surface area (Å²) in [5.41, 5.74) is 8.61. The van der Waals surface area contributed by atoms with Gasteiger partial charge in [0.1, 0.15) is 0 Å². The number of nitrogens with two attached hydrogens (primary N) is 1. The van der Waals surface area contributed by atoms with Crippen LogP contribution in [-0.4, -0.2) is 18.1 Å². The highest BCUT2D eigenvalue weighted by molar-refractivity contribution is 6.06. The van der Waals surface area contributed by atoms with Gasteiger partial charge in [-0.2, -0.15) is 0 Å². The van der Waals surface area contributed by atoms with Crippen molar-refractivity contribution >= 4 is 17.6 Å². The topological polar surface area (TPSA) is 75.4 Å². The number of carbonyl (C=O) groups is 2. The summed E-state index contributed by atoms with van der Waals surface area (Å²) in [5, 5.41) is 2.27. The third-order valence-electron chi connectivity index (χ3n) is 2.82. The Kier molecular flexibility index (Phi) is 2.85. The summed E-state index contributed by atoms with van der Waals surface area (Å²) in [6.07, 6.45) is -0.476. The van der Waals surface area contributed by atoms with Crippen LogP contribution in [0.15, 0.2) is 18.2 Å². The van der Waals surface area contributed by atoms with E-state index in [2.05, 4.69) is 5.32 Å². The Morgan fingerprint density at radius 2 is 2.06 bits per heavy atom. The maximum absolute atomic E-state index is 11.8. The van der Waals surface area contributed by atoms with Crippen LogP contribution in [0.4, 0.5) is 10.5 Å². The summed E-state index contributed by atoms with van der Waals surface area (Å²) >= 11 is 0. The summed E-state index contributed by atoms with van der Waals surface area (Å²) in [7, 11) is 0. The zero-order valence-corrected chi connectivity index (χ0v) is 9.86. The van der Waals surface area contributed by atoms with E-state index in [-0.39, 0.29) is 12.3 Å². The number of rotatable bonds is 1. The minimum absolute atomic E-state index is 0.124. The Morgan fingerprint density at radius 3 is 2.71 bits per heavy atom. The number of hydrogen-bond donors (Lipinski definition) is 2. The van der Waals surface area contributed by atoms with E-state index in [1.54, 1.807) is 0 Å². The van der Waals surface area contributed by atoms with Crippen molar-refractivity contribution in [2.75, 3.05) is 4.90 Å². The summed E-state index contributed by atoms with van der Waals surface area (Å²) in [5.74, 6) is -0.330. The van der Waals surface area contributed by atoms with Crippen molar-refractivity contribution in [1.82, 2.24) is 5.32 Å². The molecule has 0 spiro atoms. The number of carbonyl (C=O) groups excluding carboxylic acids is 2. The van der Waals surface area contributed by atoms with E-state index >= 15 is 0 Å². The number of imide groups is 1. The summed E-state index contributed by atoms with van der Waals surface area (Å²) < 4.78 is 0. The molecule has 0 bridgehead atoms. The van der Waals surface area contributed by atoms with Crippen molar-refractivity contribution in [3.05, 3.63) is 29.3 Å². The molecule has 0 radical (unpaired) electrons. The van der Waals surface area contributed by atoms with Crippen molar-refractivity contribution in [1.29, 1.82) is 0 Å². The van der Waals surface area contributed by atoms with Crippen molar-refractivity contribution in [2.45, 2.75) is 26.4 Å². The Labute approximate surface area is 99.6 Å². The quantitative estimate of drug-likeness (QED) is 0.760. The first-order valence-electron chi connectivity index (χ1n) is 5.45. The molecule has 1 saturated heterocycles. The number of nitrogens with zero attached hydrogens (tertiary/aromatic N) is 1. The van der Waals surface area contributed by atoms with Crippen LogP contribution < -0.4 is 16.0 Å². The van der Waals surface area contributed by atoms with Crippen LogP contribution in [0.3, 0.4) is 0 Å². The third kappa shape index (κ3) is 2.14. The fraction of sp³-hybridized carbons (Fsp3) is 0.333. The van der Waals surface area contributed by atoms with E-state index in [9.17, 15) is 9.59 Å². The summed E-state index contributed by atoms with van der Waals surface area (Å²) in [6, 6.07) is 5.34. The molecule has 0 aliphatic carbocycles. The lowest BCUT2D eigenvalue weighted by molar-refractivity contribution is -0.120. The average molecular weight is 233 g/mol. The Hall–Kier alpha value is -1.88. The molecule has 5 heteroatoms. The maximum Gasteiger partial charge on any atom is 0.329 e. The van der Waals surface area contributed by atoms with Crippen LogP contribution in [0.2, 0.25) is 0 Å². The zero-order chi connectivity index (χ0) is 12.6. The first kappa shape index (κ1) is 11.6. The van der Waals surface area contributed by atoms with Gasteiger partial charge in [0.25, 0.3) is 0 Å². The van der Waals surface area contributed by atoms with Crippen molar-refractivity contribution < 1.29 is 9.59 Å². The van der Waals surface area contributed by atoms with E-state index in [1.165, 1.54) is 4.90 Å². The predicted octanol–water partition coefficient (Wildman–Crippen LogP) is 1.03. The van der Waals surface area contributed by atoms with Gasteiger partial charge in [-0.1, -0.05) is 12.1 Å². The van der Waals surface area contributed by atoms with Gasteiger partial charge in [-0.05, 0) is 31.0 Å². The molecule has 3 amide bonds. The number of anilines is 1. The van der Waals surface area contributed by atoms with Gasteiger partial charge in [0.05, 0.1) is 18.3 Å². The van der Waals surface area contributed by atoms with Crippen LogP contribution in [0, 0.1) is 13.8 Å². The molecule has 17 heavy (non-hydrogen) atoms. The molecule has 1 aliphatic heterocycles. The van der Waals surface area contributed by atoms with Gasteiger partial charge in [0.15, 0.2) is 0 Å². The number of aryl methyl sites for hydroxylation is 2. The molecule has 90 valence electrons. The van der Waals surface area contributed by atoms with Gasteiger partial charge in [0, 0.05) is 0 Å². The SMILES string of the molecule is Cc1ccc(C)c(N2C(=O)NC(=O)CC2N)c1. The molecule has 1 heterocycles. The lowest BCUT2D eigenvalue weighted by Gasteiger charge is -2.33. The number of hydrogen-bond acceptors (Lipinski definition) is 3. The van der Waals surface area contributed by atoms with Crippen LogP contribution in [-0.2, 0) is 4.79 Å². The summed E-state index contributed by atoms with van der Waals surface area (Å²) in [6.45, 7) is 3.85. The lowest BCUT2D eigenvalue weighted by Crippen LogP contribution is -2.58. The summed E-state index contributed by atoms with van der Waals surface area (Å²) in [4.78, 5) is 24.4. The first-order chi connectivity index (χ1) is 7.99. The number of urea groups is 1. The van der Waals surface area contributed by atoms with Crippen molar-refractivity contribution in [2.24, 2.45) is 5.73 Å². The second-order valence-corrected chi connectivity index (χ2v) is 4.28.